The first-order valence-corrected chi connectivity index (χ1v) is 6.88. The monoisotopic (exact) mass is 287 g/mol. The zero-order valence-corrected chi connectivity index (χ0v) is 12.4. The molecule has 0 unspecified atom stereocenters. The minimum absolute atomic E-state index is 0.124. The third-order valence-corrected chi connectivity index (χ3v) is 2.40. The van der Waals surface area contributed by atoms with Crippen LogP contribution in [-0.4, -0.2) is 54.1 Å². The summed E-state index contributed by atoms with van der Waals surface area (Å²) in [5, 5.41) is 14.0. The lowest BCUT2D eigenvalue weighted by Crippen LogP contribution is -2.45. The van der Waals surface area contributed by atoms with Crippen molar-refractivity contribution in [2.45, 2.75) is 33.6 Å². The van der Waals surface area contributed by atoms with Gasteiger partial charge in [-0.1, -0.05) is 20.8 Å². The molecule has 0 saturated carbocycles. The number of nitrogens with one attached hydrogen (secondary N) is 2. The molecule has 0 aromatic heterocycles. The Morgan fingerprint density at radius 3 is 2.30 bits per heavy atom. The fourth-order valence-electron chi connectivity index (χ4n) is 1.57. The largest absolute Gasteiger partial charge is 0.480 e. The standard InChI is InChI=1S/C13H25N3O4/c1-4-6-14-11(17)5-7-15-13(20)16(8-10(2)3)9-12(18)19/h10H,4-9H2,1-3H3,(H,14,17)(H,15,20)(H,18,19). The molecular weight excluding hydrogens is 262 g/mol. The average molecular weight is 287 g/mol. The lowest BCUT2D eigenvalue weighted by Gasteiger charge is -2.23. The number of rotatable bonds is 9. The SMILES string of the molecule is CCCNC(=O)CCNC(=O)N(CC(=O)O)CC(C)C. The zero-order chi connectivity index (χ0) is 15.5. The highest BCUT2D eigenvalue weighted by molar-refractivity contribution is 5.81. The number of aliphatic carboxylic acids is 1. The fourth-order valence-corrected chi connectivity index (χ4v) is 1.57. The van der Waals surface area contributed by atoms with Crippen LogP contribution in [0.25, 0.3) is 0 Å². The molecule has 0 saturated heterocycles. The van der Waals surface area contributed by atoms with Crippen LogP contribution in [0.5, 0.6) is 0 Å². The van der Waals surface area contributed by atoms with Crippen LogP contribution in [0.1, 0.15) is 33.6 Å². The van der Waals surface area contributed by atoms with Gasteiger partial charge in [0, 0.05) is 26.1 Å². The second-order valence-electron chi connectivity index (χ2n) is 5.00. The topological polar surface area (TPSA) is 98.7 Å². The van der Waals surface area contributed by atoms with E-state index in [1.807, 2.05) is 20.8 Å². The van der Waals surface area contributed by atoms with Gasteiger partial charge in [-0.3, -0.25) is 9.59 Å². The summed E-state index contributed by atoms with van der Waals surface area (Å²) < 4.78 is 0. The third-order valence-electron chi connectivity index (χ3n) is 2.40. The Morgan fingerprint density at radius 1 is 1.15 bits per heavy atom. The first-order valence-electron chi connectivity index (χ1n) is 6.88. The summed E-state index contributed by atoms with van der Waals surface area (Å²) in [6, 6.07) is -0.454. The smallest absolute Gasteiger partial charge is 0.323 e. The molecule has 116 valence electrons. The van der Waals surface area contributed by atoms with Crippen molar-refractivity contribution in [3.05, 3.63) is 0 Å². The second-order valence-corrected chi connectivity index (χ2v) is 5.00. The second kappa shape index (κ2) is 10.1. The molecule has 0 aromatic rings. The summed E-state index contributed by atoms with van der Waals surface area (Å²) in [7, 11) is 0. The average Bonchev–Trinajstić information content (AvgIpc) is 2.34. The quantitative estimate of drug-likeness (QED) is 0.580. The summed E-state index contributed by atoms with van der Waals surface area (Å²) in [5.74, 6) is -1.00. The van der Waals surface area contributed by atoms with Gasteiger partial charge >= 0.3 is 12.0 Å². The van der Waals surface area contributed by atoms with Crippen molar-refractivity contribution in [1.82, 2.24) is 15.5 Å². The molecule has 0 spiro atoms. The van der Waals surface area contributed by atoms with Gasteiger partial charge in [0.25, 0.3) is 0 Å². The van der Waals surface area contributed by atoms with E-state index in [9.17, 15) is 14.4 Å². The summed E-state index contributed by atoms with van der Waals surface area (Å²) in [6.45, 7) is 6.60. The van der Waals surface area contributed by atoms with Crippen molar-refractivity contribution >= 4 is 17.9 Å². The molecule has 0 aromatic carbocycles. The number of hydrogen-bond acceptors (Lipinski definition) is 3. The maximum absolute atomic E-state index is 11.8. The highest BCUT2D eigenvalue weighted by Gasteiger charge is 2.17. The van der Waals surface area contributed by atoms with E-state index in [-0.39, 0.29) is 31.3 Å². The Balaban J connectivity index is 4.12. The van der Waals surface area contributed by atoms with Crippen molar-refractivity contribution in [2.24, 2.45) is 5.92 Å². The molecule has 3 N–H and O–H groups in total. The van der Waals surface area contributed by atoms with Crippen molar-refractivity contribution in [1.29, 1.82) is 0 Å². The van der Waals surface area contributed by atoms with E-state index in [0.717, 1.165) is 6.42 Å². The molecule has 0 aliphatic rings. The van der Waals surface area contributed by atoms with Crippen LogP contribution in [0.4, 0.5) is 4.79 Å². The number of carboxylic acid groups (broad SMARTS) is 1. The zero-order valence-electron chi connectivity index (χ0n) is 12.4. The molecule has 0 heterocycles. The molecule has 0 aliphatic heterocycles. The van der Waals surface area contributed by atoms with E-state index in [2.05, 4.69) is 10.6 Å². The van der Waals surface area contributed by atoms with E-state index < -0.39 is 12.0 Å². The Hall–Kier alpha value is -1.79. The molecule has 20 heavy (non-hydrogen) atoms. The number of urea groups is 1. The Morgan fingerprint density at radius 2 is 1.80 bits per heavy atom. The Labute approximate surface area is 119 Å². The lowest BCUT2D eigenvalue weighted by atomic mass is 10.2. The number of nitrogens with zero attached hydrogens (tertiary/aromatic N) is 1. The molecule has 0 bridgehead atoms. The molecule has 0 fully saturated rings. The lowest BCUT2D eigenvalue weighted by molar-refractivity contribution is -0.137. The normalized spacial score (nSPS) is 10.2. The van der Waals surface area contributed by atoms with Gasteiger partial charge in [0.1, 0.15) is 6.54 Å². The molecule has 3 amide bonds. The number of carboxylic acids is 1. The Kier molecular flexibility index (Phi) is 9.15. The highest BCUT2D eigenvalue weighted by atomic mass is 16.4. The minimum Gasteiger partial charge on any atom is -0.480 e. The maximum atomic E-state index is 11.8. The molecule has 7 heteroatoms. The molecule has 7 nitrogen and oxygen atoms in total. The summed E-state index contributed by atoms with van der Waals surface area (Å²) >= 11 is 0. The van der Waals surface area contributed by atoms with Gasteiger partial charge < -0.3 is 20.6 Å². The number of amides is 3. The predicted molar refractivity (Wildman–Crippen MR) is 75.4 cm³/mol. The van der Waals surface area contributed by atoms with Gasteiger partial charge in [-0.2, -0.15) is 0 Å². The van der Waals surface area contributed by atoms with Crippen LogP contribution in [-0.2, 0) is 9.59 Å². The van der Waals surface area contributed by atoms with Gasteiger partial charge in [0.15, 0.2) is 0 Å². The number of hydrogen-bond donors (Lipinski definition) is 3. The maximum Gasteiger partial charge on any atom is 0.323 e. The molecule has 0 aliphatic carbocycles. The van der Waals surface area contributed by atoms with Crippen molar-refractivity contribution in [3.63, 3.8) is 0 Å². The van der Waals surface area contributed by atoms with Gasteiger partial charge in [0.05, 0.1) is 0 Å². The van der Waals surface area contributed by atoms with Crippen LogP contribution in [0.2, 0.25) is 0 Å². The summed E-state index contributed by atoms with van der Waals surface area (Å²) in [5.41, 5.74) is 0. The van der Waals surface area contributed by atoms with Crippen LogP contribution < -0.4 is 10.6 Å². The van der Waals surface area contributed by atoms with Crippen molar-refractivity contribution in [2.75, 3.05) is 26.2 Å². The van der Waals surface area contributed by atoms with Gasteiger partial charge in [0.2, 0.25) is 5.91 Å². The van der Waals surface area contributed by atoms with Gasteiger partial charge in [-0.15, -0.1) is 0 Å². The molecular formula is C13H25N3O4. The van der Waals surface area contributed by atoms with E-state index in [1.54, 1.807) is 0 Å². The number of carbonyl (C=O) groups excluding carboxylic acids is 2. The van der Waals surface area contributed by atoms with Crippen LogP contribution >= 0.6 is 0 Å². The first-order chi connectivity index (χ1) is 9.36. The highest BCUT2D eigenvalue weighted by Crippen LogP contribution is 1.99. The van der Waals surface area contributed by atoms with Crippen molar-refractivity contribution in [3.8, 4) is 0 Å². The Bertz CT molecular complexity index is 332. The van der Waals surface area contributed by atoms with Crippen LogP contribution in [0.3, 0.4) is 0 Å². The fraction of sp³-hybridized carbons (Fsp3) is 0.769. The first kappa shape index (κ1) is 18.2. The van der Waals surface area contributed by atoms with Crippen LogP contribution in [0.15, 0.2) is 0 Å². The van der Waals surface area contributed by atoms with E-state index in [0.29, 0.717) is 13.1 Å². The molecule has 0 radical (unpaired) electrons. The van der Waals surface area contributed by atoms with Gasteiger partial charge in [-0.25, -0.2) is 4.79 Å². The summed E-state index contributed by atoms with van der Waals surface area (Å²) in [4.78, 5) is 35.1. The minimum atomic E-state index is -1.05. The van der Waals surface area contributed by atoms with E-state index in [4.69, 9.17) is 5.11 Å². The number of carbonyl (C=O) groups is 3. The van der Waals surface area contributed by atoms with Gasteiger partial charge in [-0.05, 0) is 12.3 Å². The van der Waals surface area contributed by atoms with Crippen molar-refractivity contribution < 1.29 is 19.5 Å². The van der Waals surface area contributed by atoms with E-state index in [1.165, 1.54) is 4.90 Å². The molecule has 0 rings (SSSR count). The van der Waals surface area contributed by atoms with E-state index >= 15 is 0 Å². The predicted octanol–water partition coefficient (Wildman–Crippen LogP) is 0.655. The molecule has 0 atom stereocenters. The summed E-state index contributed by atoms with van der Waals surface area (Å²) in [6.07, 6.45) is 1.05. The van der Waals surface area contributed by atoms with Crippen LogP contribution in [0, 0.1) is 5.92 Å². The third kappa shape index (κ3) is 9.18.